The second-order valence-corrected chi connectivity index (χ2v) is 4.72. The van der Waals surface area contributed by atoms with Gasteiger partial charge < -0.3 is 4.74 Å². The van der Waals surface area contributed by atoms with Gasteiger partial charge in [0.1, 0.15) is 0 Å². The molecule has 94 valence electrons. The molecule has 17 heavy (non-hydrogen) atoms. The van der Waals surface area contributed by atoms with Gasteiger partial charge in [0.25, 0.3) is 10.1 Å². The average Bonchev–Trinajstić information content (AvgIpc) is 2.20. The van der Waals surface area contributed by atoms with E-state index >= 15 is 0 Å². The molecular formula is C10H13NO5S. The number of hydrogen-bond acceptors (Lipinski definition) is 4. The lowest BCUT2D eigenvalue weighted by Gasteiger charge is -2.09. The van der Waals surface area contributed by atoms with Crippen LogP contribution in [-0.4, -0.2) is 25.7 Å². The summed E-state index contributed by atoms with van der Waals surface area (Å²) in [6.07, 6.45) is -0.678. The minimum absolute atomic E-state index is 0.211. The van der Waals surface area contributed by atoms with Crippen LogP contribution in [0.2, 0.25) is 0 Å². The largest absolute Gasteiger partial charge is 0.450 e. The molecule has 0 saturated heterocycles. The Morgan fingerprint density at radius 3 is 2.65 bits per heavy atom. The molecule has 0 saturated carbocycles. The first-order valence-corrected chi connectivity index (χ1v) is 6.30. The van der Waals surface area contributed by atoms with Gasteiger partial charge in [0.05, 0.1) is 11.5 Å². The number of hydrogen-bond donors (Lipinski definition) is 2. The molecule has 0 atom stereocenters. The second kappa shape index (κ2) is 5.15. The second-order valence-electron chi connectivity index (χ2n) is 3.30. The minimum Gasteiger partial charge on any atom is -0.450 e. The molecule has 2 N–H and O–H groups in total. The molecule has 0 aliphatic carbocycles. The third kappa shape index (κ3) is 3.72. The molecule has 7 heteroatoms. The predicted molar refractivity (Wildman–Crippen MR) is 61.6 cm³/mol. The summed E-state index contributed by atoms with van der Waals surface area (Å²) in [5.74, 6) is 0. The van der Waals surface area contributed by atoms with Gasteiger partial charge >= 0.3 is 6.09 Å². The van der Waals surface area contributed by atoms with Gasteiger partial charge in [-0.05, 0) is 31.5 Å². The highest BCUT2D eigenvalue weighted by Crippen LogP contribution is 2.20. The van der Waals surface area contributed by atoms with E-state index < -0.39 is 16.2 Å². The number of anilines is 1. The summed E-state index contributed by atoms with van der Waals surface area (Å²) < 4.78 is 35.4. The highest BCUT2D eigenvalue weighted by atomic mass is 32.2. The van der Waals surface area contributed by atoms with Crippen molar-refractivity contribution >= 4 is 21.9 Å². The van der Waals surface area contributed by atoms with Gasteiger partial charge in [-0.1, -0.05) is 6.07 Å². The molecule has 1 aromatic carbocycles. The van der Waals surface area contributed by atoms with Crippen LogP contribution in [0.25, 0.3) is 0 Å². The van der Waals surface area contributed by atoms with E-state index in [0.717, 1.165) is 0 Å². The Morgan fingerprint density at radius 1 is 1.47 bits per heavy atom. The van der Waals surface area contributed by atoms with E-state index in [-0.39, 0.29) is 17.2 Å². The summed E-state index contributed by atoms with van der Waals surface area (Å²) in [5.41, 5.74) is 0.934. The predicted octanol–water partition coefficient (Wildman–Crippen LogP) is 1.81. The zero-order valence-corrected chi connectivity index (χ0v) is 10.2. The fourth-order valence-corrected chi connectivity index (χ4v) is 1.68. The van der Waals surface area contributed by atoms with Crippen LogP contribution < -0.4 is 5.32 Å². The summed E-state index contributed by atoms with van der Waals surface area (Å²) in [5, 5.41) is 2.39. The van der Waals surface area contributed by atoms with Crippen LogP contribution in [-0.2, 0) is 14.9 Å². The van der Waals surface area contributed by atoms with E-state index in [1.165, 1.54) is 18.2 Å². The van der Waals surface area contributed by atoms with Crippen LogP contribution in [0.3, 0.4) is 0 Å². The number of aryl methyl sites for hydroxylation is 1. The van der Waals surface area contributed by atoms with E-state index in [9.17, 15) is 13.2 Å². The standard InChI is InChI=1S/C10H13NO5S/c1-3-16-10(12)11-9-6-8(17(13,14)15)5-4-7(9)2/h4-6H,3H2,1-2H3,(H,11,12)(H,13,14,15). The Bertz CT molecular complexity index is 523. The molecule has 1 rings (SSSR count). The quantitative estimate of drug-likeness (QED) is 0.807. The van der Waals surface area contributed by atoms with Crippen molar-refractivity contribution in [2.24, 2.45) is 0 Å². The Morgan fingerprint density at radius 2 is 2.12 bits per heavy atom. The first-order valence-electron chi connectivity index (χ1n) is 4.86. The van der Waals surface area contributed by atoms with E-state index in [1.54, 1.807) is 13.8 Å². The lowest BCUT2D eigenvalue weighted by Crippen LogP contribution is -2.14. The van der Waals surface area contributed by atoms with Crippen molar-refractivity contribution in [3.05, 3.63) is 23.8 Å². The Kier molecular flexibility index (Phi) is 4.08. The maximum Gasteiger partial charge on any atom is 0.411 e. The van der Waals surface area contributed by atoms with Gasteiger partial charge in [-0.25, -0.2) is 4.79 Å². The summed E-state index contributed by atoms with van der Waals surface area (Å²) in [4.78, 5) is 10.9. The van der Waals surface area contributed by atoms with Crippen molar-refractivity contribution < 1.29 is 22.5 Å². The van der Waals surface area contributed by atoms with E-state index in [4.69, 9.17) is 4.55 Å². The zero-order chi connectivity index (χ0) is 13.1. The average molecular weight is 259 g/mol. The number of carbonyl (C=O) groups excluding carboxylic acids is 1. The normalized spacial score (nSPS) is 11.0. The van der Waals surface area contributed by atoms with E-state index in [1.807, 2.05) is 0 Å². The monoisotopic (exact) mass is 259 g/mol. The molecule has 0 spiro atoms. The van der Waals surface area contributed by atoms with Crippen molar-refractivity contribution in [2.45, 2.75) is 18.7 Å². The van der Waals surface area contributed by atoms with Gasteiger partial charge in [-0.3, -0.25) is 9.87 Å². The number of amides is 1. The van der Waals surface area contributed by atoms with Crippen molar-refractivity contribution in [3.8, 4) is 0 Å². The molecule has 0 aliphatic rings. The molecule has 0 heterocycles. The Hall–Kier alpha value is -1.60. The number of rotatable bonds is 3. The molecule has 0 aromatic heterocycles. The number of benzene rings is 1. The van der Waals surface area contributed by atoms with Crippen LogP contribution in [0.5, 0.6) is 0 Å². The van der Waals surface area contributed by atoms with Gasteiger partial charge in [0.15, 0.2) is 0 Å². The minimum atomic E-state index is -4.28. The highest BCUT2D eigenvalue weighted by Gasteiger charge is 2.12. The van der Waals surface area contributed by atoms with Crippen LogP contribution in [0.4, 0.5) is 10.5 Å². The zero-order valence-electron chi connectivity index (χ0n) is 9.43. The molecule has 0 bridgehead atoms. The van der Waals surface area contributed by atoms with Crippen LogP contribution in [0, 0.1) is 6.92 Å². The molecule has 1 amide bonds. The van der Waals surface area contributed by atoms with Crippen LogP contribution >= 0.6 is 0 Å². The van der Waals surface area contributed by atoms with E-state index in [0.29, 0.717) is 5.56 Å². The summed E-state index contributed by atoms with van der Waals surface area (Å²) in [6.45, 7) is 3.55. The first-order chi connectivity index (χ1) is 7.84. The summed E-state index contributed by atoms with van der Waals surface area (Å²) >= 11 is 0. The van der Waals surface area contributed by atoms with Crippen molar-refractivity contribution in [1.82, 2.24) is 0 Å². The number of ether oxygens (including phenoxy) is 1. The van der Waals surface area contributed by atoms with Crippen molar-refractivity contribution in [3.63, 3.8) is 0 Å². The molecule has 0 aliphatic heterocycles. The van der Waals surface area contributed by atoms with E-state index in [2.05, 4.69) is 10.1 Å². The van der Waals surface area contributed by atoms with Crippen molar-refractivity contribution in [2.75, 3.05) is 11.9 Å². The highest BCUT2D eigenvalue weighted by molar-refractivity contribution is 7.85. The molecule has 0 fully saturated rings. The molecule has 6 nitrogen and oxygen atoms in total. The van der Waals surface area contributed by atoms with Gasteiger partial charge in [-0.15, -0.1) is 0 Å². The van der Waals surface area contributed by atoms with Gasteiger partial charge in [0, 0.05) is 5.69 Å². The maximum absolute atomic E-state index is 11.2. The SMILES string of the molecule is CCOC(=O)Nc1cc(S(=O)(=O)O)ccc1C. The fourth-order valence-electron chi connectivity index (χ4n) is 1.17. The molecular weight excluding hydrogens is 246 g/mol. The third-order valence-corrected chi connectivity index (χ3v) is 2.87. The smallest absolute Gasteiger partial charge is 0.411 e. The summed E-state index contributed by atoms with van der Waals surface area (Å²) in [7, 11) is -4.28. The molecule has 0 unspecified atom stereocenters. The molecule has 0 radical (unpaired) electrons. The first kappa shape index (κ1) is 13.5. The lowest BCUT2D eigenvalue weighted by atomic mass is 10.2. The maximum atomic E-state index is 11.2. The topological polar surface area (TPSA) is 92.7 Å². The number of nitrogens with one attached hydrogen (secondary N) is 1. The third-order valence-electron chi connectivity index (χ3n) is 2.02. The fraction of sp³-hybridized carbons (Fsp3) is 0.300. The molecule has 1 aromatic rings. The lowest BCUT2D eigenvalue weighted by molar-refractivity contribution is 0.168. The van der Waals surface area contributed by atoms with Crippen molar-refractivity contribution in [1.29, 1.82) is 0 Å². The van der Waals surface area contributed by atoms with Gasteiger partial charge in [0.2, 0.25) is 0 Å². The summed E-state index contributed by atoms with van der Waals surface area (Å²) in [6, 6.07) is 3.90. The van der Waals surface area contributed by atoms with Crippen LogP contribution in [0.15, 0.2) is 23.1 Å². The Balaban J connectivity index is 3.03. The van der Waals surface area contributed by atoms with Crippen LogP contribution in [0.1, 0.15) is 12.5 Å². The van der Waals surface area contributed by atoms with Gasteiger partial charge in [-0.2, -0.15) is 8.42 Å². The Labute approximate surface area is 99.3 Å². The number of carbonyl (C=O) groups is 1.